The zero-order chi connectivity index (χ0) is 12.9. The maximum absolute atomic E-state index is 12.9. The van der Waals surface area contributed by atoms with Gasteiger partial charge >= 0.3 is 0 Å². The second kappa shape index (κ2) is 5.77. The number of halogens is 1. The van der Waals surface area contributed by atoms with E-state index in [4.69, 9.17) is 5.73 Å². The molecule has 1 aromatic rings. The van der Waals surface area contributed by atoms with Crippen molar-refractivity contribution in [3.8, 4) is 0 Å². The van der Waals surface area contributed by atoms with E-state index >= 15 is 0 Å². The predicted octanol–water partition coefficient (Wildman–Crippen LogP) is 1.61. The molecule has 3 nitrogen and oxygen atoms in total. The highest BCUT2D eigenvalue weighted by atomic mass is 19.1. The van der Waals surface area contributed by atoms with Crippen molar-refractivity contribution < 1.29 is 9.18 Å². The van der Waals surface area contributed by atoms with Crippen molar-refractivity contribution in [3.05, 3.63) is 35.6 Å². The van der Waals surface area contributed by atoms with Gasteiger partial charge in [0.15, 0.2) is 0 Å². The Morgan fingerprint density at radius 3 is 2.76 bits per heavy atom. The molecule has 1 unspecified atom stereocenters. The van der Waals surface area contributed by atoms with Crippen molar-refractivity contribution in [1.29, 1.82) is 0 Å². The number of nitrogens with one attached hydrogen (secondary N) is 1. The molecule has 0 saturated carbocycles. The number of carbonyl (C=O) groups excluding carboxylic acids is 1. The zero-order valence-corrected chi connectivity index (χ0v) is 10.3. The summed E-state index contributed by atoms with van der Waals surface area (Å²) in [6, 6.07) is 6.05. The van der Waals surface area contributed by atoms with Gasteiger partial charge in [0.2, 0.25) is 5.91 Å². The summed E-state index contributed by atoms with van der Waals surface area (Å²) < 4.78 is 12.9. The van der Waals surface area contributed by atoms with E-state index < -0.39 is 0 Å². The first-order chi connectivity index (χ1) is 7.99. The van der Waals surface area contributed by atoms with Crippen molar-refractivity contribution in [2.24, 2.45) is 5.73 Å². The van der Waals surface area contributed by atoms with Gasteiger partial charge in [0.05, 0.1) is 6.42 Å². The molecule has 0 aliphatic rings. The lowest BCUT2D eigenvalue weighted by molar-refractivity contribution is -0.122. The average Bonchev–Trinajstić information content (AvgIpc) is 2.28. The number of amides is 1. The van der Waals surface area contributed by atoms with Gasteiger partial charge in [0, 0.05) is 12.1 Å². The summed E-state index contributed by atoms with van der Waals surface area (Å²) >= 11 is 0. The van der Waals surface area contributed by atoms with Gasteiger partial charge in [0.25, 0.3) is 0 Å². The smallest absolute Gasteiger partial charge is 0.224 e. The summed E-state index contributed by atoms with van der Waals surface area (Å²) in [5, 5.41) is 2.87. The Kier molecular flexibility index (Phi) is 4.63. The summed E-state index contributed by atoms with van der Waals surface area (Å²) in [5.41, 5.74) is 5.89. The first-order valence-corrected chi connectivity index (χ1v) is 5.74. The molecule has 1 aromatic carbocycles. The average molecular weight is 238 g/mol. The largest absolute Gasteiger partial charge is 0.349 e. The Balaban J connectivity index is 2.61. The van der Waals surface area contributed by atoms with Gasteiger partial charge < -0.3 is 11.1 Å². The molecule has 0 radical (unpaired) electrons. The first-order valence-electron chi connectivity index (χ1n) is 5.74. The summed E-state index contributed by atoms with van der Waals surface area (Å²) in [7, 11) is 0. The van der Waals surface area contributed by atoms with Crippen LogP contribution in [0.4, 0.5) is 4.39 Å². The van der Waals surface area contributed by atoms with E-state index in [0.29, 0.717) is 12.1 Å². The van der Waals surface area contributed by atoms with Crippen molar-refractivity contribution in [1.82, 2.24) is 5.32 Å². The number of hydrogen-bond acceptors (Lipinski definition) is 2. The fourth-order valence-corrected chi connectivity index (χ4v) is 1.50. The highest BCUT2D eigenvalue weighted by Gasteiger charge is 2.22. The van der Waals surface area contributed by atoms with E-state index in [-0.39, 0.29) is 23.7 Å². The molecule has 1 atom stereocenters. The third kappa shape index (κ3) is 4.15. The van der Waals surface area contributed by atoms with Gasteiger partial charge in [0.1, 0.15) is 5.82 Å². The second-order valence-electron chi connectivity index (χ2n) is 4.47. The molecule has 1 rings (SSSR count). The molecular weight excluding hydrogens is 219 g/mol. The molecule has 0 aliphatic carbocycles. The standard InChI is InChI=1S/C13H19FN2O/c1-3-13(2,9-15)16-12(17)8-10-5-4-6-11(14)7-10/h4-7H,3,8-9,15H2,1-2H3,(H,16,17). The number of benzene rings is 1. The molecule has 0 heterocycles. The van der Waals surface area contributed by atoms with E-state index in [1.165, 1.54) is 12.1 Å². The van der Waals surface area contributed by atoms with Crippen LogP contribution in [0, 0.1) is 5.82 Å². The van der Waals surface area contributed by atoms with E-state index in [1.807, 2.05) is 13.8 Å². The van der Waals surface area contributed by atoms with Crippen LogP contribution in [0.5, 0.6) is 0 Å². The second-order valence-corrected chi connectivity index (χ2v) is 4.47. The molecule has 0 saturated heterocycles. The molecule has 3 N–H and O–H groups in total. The van der Waals surface area contributed by atoms with Gasteiger partial charge in [-0.25, -0.2) is 4.39 Å². The molecule has 17 heavy (non-hydrogen) atoms. The van der Waals surface area contributed by atoms with Crippen LogP contribution in [0.1, 0.15) is 25.8 Å². The predicted molar refractivity (Wildman–Crippen MR) is 66.0 cm³/mol. The van der Waals surface area contributed by atoms with Crippen molar-refractivity contribution >= 4 is 5.91 Å². The van der Waals surface area contributed by atoms with Crippen LogP contribution in [0.25, 0.3) is 0 Å². The van der Waals surface area contributed by atoms with Crippen LogP contribution in [0.3, 0.4) is 0 Å². The van der Waals surface area contributed by atoms with Gasteiger partial charge in [-0.2, -0.15) is 0 Å². The van der Waals surface area contributed by atoms with Crippen LogP contribution in [0.2, 0.25) is 0 Å². The number of hydrogen-bond donors (Lipinski definition) is 2. The molecular formula is C13H19FN2O. The summed E-state index contributed by atoms with van der Waals surface area (Å²) in [6.45, 7) is 4.25. The van der Waals surface area contributed by atoms with E-state index in [9.17, 15) is 9.18 Å². The van der Waals surface area contributed by atoms with Crippen LogP contribution in [0.15, 0.2) is 24.3 Å². The van der Waals surface area contributed by atoms with E-state index in [2.05, 4.69) is 5.32 Å². The maximum Gasteiger partial charge on any atom is 0.224 e. The molecule has 0 fully saturated rings. The number of nitrogens with two attached hydrogens (primary N) is 1. The van der Waals surface area contributed by atoms with Gasteiger partial charge in [-0.05, 0) is 31.0 Å². The Labute approximate surface area is 101 Å². The monoisotopic (exact) mass is 238 g/mol. The summed E-state index contributed by atoms with van der Waals surface area (Å²) in [4.78, 5) is 11.8. The molecule has 94 valence electrons. The molecule has 0 spiro atoms. The summed E-state index contributed by atoms with van der Waals surface area (Å²) in [6.07, 6.45) is 0.936. The normalized spacial score (nSPS) is 14.1. The van der Waals surface area contributed by atoms with Crippen LogP contribution in [-0.4, -0.2) is 18.0 Å². The fraction of sp³-hybridized carbons (Fsp3) is 0.462. The van der Waals surface area contributed by atoms with Crippen molar-refractivity contribution in [2.75, 3.05) is 6.54 Å². The lowest BCUT2D eigenvalue weighted by Crippen LogP contribution is -2.51. The first kappa shape index (κ1) is 13.6. The summed E-state index contributed by atoms with van der Waals surface area (Å²) in [5.74, 6) is -0.460. The minimum absolute atomic E-state index is 0.134. The third-order valence-electron chi connectivity index (χ3n) is 2.93. The highest BCUT2D eigenvalue weighted by Crippen LogP contribution is 2.09. The van der Waals surface area contributed by atoms with E-state index in [1.54, 1.807) is 12.1 Å². The molecule has 0 aliphatic heterocycles. The van der Waals surface area contributed by atoms with Crippen LogP contribution >= 0.6 is 0 Å². The van der Waals surface area contributed by atoms with Gasteiger partial charge in [-0.3, -0.25) is 4.79 Å². The lowest BCUT2D eigenvalue weighted by Gasteiger charge is -2.27. The molecule has 0 aromatic heterocycles. The van der Waals surface area contributed by atoms with Gasteiger partial charge in [-0.1, -0.05) is 19.1 Å². The lowest BCUT2D eigenvalue weighted by atomic mass is 9.98. The maximum atomic E-state index is 12.9. The Bertz CT molecular complexity index is 389. The third-order valence-corrected chi connectivity index (χ3v) is 2.93. The SMILES string of the molecule is CCC(C)(CN)NC(=O)Cc1cccc(F)c1. The highest BCUT2D eigenvalue weighted by molar-refractivity contribution is 5.79. The van der Waals surface area contributed by atoms with Crippen LogP contribution < -0.4 is 11.1 Å². The van der Waals surface area contributed by atoms with Crippen molar-refractivity contribution in [2.45, 2.75) is 32.2 Å². The van der Waals surface area contributed by atoms with Crippen molar-refractivity contribution in [3.63, 3.8) is 0 Å². The van der Waals surface area contributed by atoms with Gasteiger partial charge in [-0.15, -0.1) is 0 Å². The fourth-order valence-electron chi connectivity index (χ4n) is 1.50. The Hall–Kier alpha value is -1.42. The number of rotatable bonds is 5. The molecule has 4 heteroatoms. The Morgan fingerprint density at radius 2 is 2.24 bits per heavy atom. The quantitative estimate of drug-likeness (QED) is 0.819. The molecule has 1 amide bonds. The van der Waals surface area contributed by atoms with Crippen LogP contribution in [-0.2, 0) is 11.2 Å². The van der Waals surface area contributed by atoms with E-state index in [0.717, 1.165) is 6.42 Å². The Morgan fingerprint density at radius 1 is 1.53 bits per heavy atom. The zero-order valence-electron chi connectivity index (χ0n) is 10.3. The number of carbonyl (C=O) groups is 1. The molecule has 0 bridgehead atoms. The topological polar surface area (TPSA) is 55.1 Å². The minimum atomic E-state index is -0.385. The minimum Gasteiger partial charge on any atom is -0.349 e.